The number of carbonyl (C=O) groups is 3. The van der Waals surface area contributed by atoms with Gasteiger partial charge >= 0.3 is 11.7 Å². The smallest absolute Gasteiger partial charge is 0.336 e. The zero-order chi connectivity index (χ0) is 38.5. The number of anilines is 3. The number of phenolic OH excluding ortho intramolecular Hbond substituents is 1. The highest BCUT2D eigenvalue weighted by Crippen LogP contribution is 2.40. The van der Waals surface area contributed by atoms with E-state index in [1.807, 2.05) is 6.07 Å². The van der Waals surface area contributed by atoms with Crippen molar-refractivity contribution in [3.05, 3.63) is 133 Å². The fourth-order valence-corrected chi connectivity index (χ4v) is 5.54. The van der Waals surface area contributed by atoms with Gasteiger partial charge in [0.15, 0.2) is 11.6 Å². The second-order valence-electron chi connectivity index (χ2n) is 11.7. The summed E-state index contributed by atoms with van der Waals surface area (Å²) in [5.41, 5.74) is -0.00538. The van der Waals surface area contributed by atoms with Crippen LogP contribution in [0.2, 0.25) is 0 Å². The summed E-state index contributed by atoms with van der Waals surface area (Å²) in [5.74, 6) is -4.94. The predicted molar refractivity (Wildman–Crippen MR) is 191 cm³/mol. The molecule has 0 saturated carbocycles. The molecule has 0 spiro atoms. The number of carbonyl (C=O) groups excluding carboxylic acids is 2. The Morgan fingerprint density at radius 2 is 1.69 bits per heavy atom. The second-order valence-corrected chi connectivity index (χ2v) is 11.7. The molecular formula is C37H29F2N7O8. The van der Waals surface area contributed by atoms with E-state index >= 15 is 0 Å². The number of nitrogens with one attached hydrogen (secondary N) is 4. The average molecular weight is 738 g/mol. The molecule has 0 saturated heterocycles. The number of aromatic nitrogens is 2. The van der Waals surface area contributed by atoms with Crippen LogP contribution < -0.4 is 36.4 Å². The molecule has 54 heavy (non-hydrogen) atoms. The lowest BCUT2D eigenvalue weighted by atomic mass is 9.88. The van der Waals surface area contributed by atoms with Gasteiger partial charge < -0.3 is 36.2 Å². The molecule has 5 aromatic rings. The van der Waals surface area contributed by atoms with Crippen molar-refractivity contribution in [1.82, 2.24) is 20.6 Å². The molecule has 0 fully saturated rings. The molecule has 1 aliphatic rings. The minimum absolute atomic E-state index is 0.00937. The van der Waals surface area contributed by atoms with Crippen molar-refractivity contribution >= 4 is 53.1 Å². The molecule has 0 radical (unpaired) electrons. The number of halogens is 2. The molecule has 0 bridgehead atoms. The van der Waals surface area contributed by atoms with Crippen molar-refractivity contribution in [2.75, 3.05) is 30.3 Å². The first-order valence-corrected chi connectivity index (χ1v) is 16.1. The first-order chi connectivity index (χ1) is 25.9. The maximum absolute atomic E-state index is 14.7. The van der Waals surface area contributed by atoms with Gasteiger partial charge in [0.05, 0.1) is 10.5 Å². The minimum Gasteiger partial charge on any atom is -0.505 e. The Morgan fingerprint density at radius 3 is 2.43 bits per heavy atom. The van der Waals surface area contributed by atoms with Gasteiger partial charge in [-0.1, -0.05) is 30.8 Å². The number of nitro groups is 1. The zero-order valence-corrected chi connectivity index (χ0v) is 28.0. The Morgan fingerprint density at radius 1 is 0.907 bits per heavy atom. The molecule has 0 unspecified atom stereocenters. The number of aromatic carboxylic acids is 1. The largest absolute Gasteiger partial charge is 0.505 e. The van der Waals surface area contributed by atoms with Crippen LogP contribution in [0.4, 0.5) is 31.9 Å². The predicted octanol–water partition coefficient (Wildman–Crippen LogP) is 3.92. The number of rotatable bonds is 13. The van der Waals surface area contributed by atoms with E-state index in [9.17, 15) is 43.5 Å². The van der Waals surface area contributed by atoms with Crippen molar-refractivity contribution in [2.24, 2.45) is 0 Å². The molecule has 1 aromatic heterocycles. The first kappa shape index (κ1) is 36.4. The van der Waals surface area contributed by atoms with Gasteiger partial charge in [-0.25, -0.2) is 18.6 Å². The summed E-state index contributed by atoms with van der Waals surface area (Å²) in [6, 6.07) is 17.0. The molecular weight excluding hydrogens is 708 g/mol. The highest BCUT2D eigenvalue weighted by Gasteiger charge is 2.27. The maximum atomic E-state index is 14.7. The van der Waals surface area contributed by atoms with E-state index in [2.05, 4.69) is 37.8 Å². The number of phenols is 1. The summed E-state index contributed by atoms with van der Waals surface area (Å²) in [6.45, 7) is 3.61. The van der Waals surface area contributed by atoms with Crippen molar-refractivity contribution in [1.29, 1.82) is 0 Å². The van der Waals surface area contributed by atoms with Crippen LogP contribution in [0.3, 0.4) is 0 Å². The average Bonchev–Trinajstić information content (AvgIpc) is 3.14. The Balaban J connectivity index is 1.10. The molecule has 2 amide bonds. The van der Waals surface area contributed by atoms with Crippen molar-refractivity contribution < 1.29 is 43.0 Å². The highest BCUT2D eigenvalue weighted by molar-refractivity contribution is 6.02. The van der Waals surface area contributed by atoms with Gasteiger partial charge in [0.1, 0.15) is 23.5 Å². The van der Waals surface area contributed by atoms with E-state index in [-0.39, 0.29) is 93.3 Å². The van der Waals surface area contributed by atoms with E-state index in [1.54, 1.807) is 24.3 Å². The lowest BCUT2D eigenvalue weighted by Gasteiger charge is -2.23. The topological polar surface area (TPSA) is 218 Å². The fourth-order valence-electron chi connectivity index (χ4n) is 5.54. The number of hydrogen-bond acceptors (Lipinski definition) is 11. The summed E-state index contributed by atoms with van der Waals surface area (Å²) < 4.78 is 35.1. The number of nitrogens with zero attached hydrogens (tertiary/aromatic N) is 3. The number of benzene rings is 4. The standard InChI is InChI=1S/C37H29F2N7O8/c1-19-13-30-24(15-26(19)38)33(25-16-27(39)29(47)17-31(25)54-30)22-8-7-20(14-23(22)36(50)51)35(49)42-10-9-32(48)40-11-12-41-34-28(46(52)53)18-43-37(45-34)44-21-5-3-2-4-6-21/h2-8,13-18,47H,1,9-12H2,(H,40,48)(H,42,49)(H,50,51)(H2,41,43,44,45). The third kappa shape index (κ3) is 7.89. The molecule has 0 atom stereocenters. The molecule has 4 aromatic carbocycles. The number of carboxylic acids is 1. The van der Waals surface area contributed by atoms with Crippen molar-refractivity contribution in [3.8, 4) is 17.2 Å². The number of ether oxygens (including phenoxy) is 1. The number of amides is 2. The Bertz CT molecular complexity index is 2450. The van der Waals surface area contributed by atoms with Crippen LogP contribution in [0.1, 0.15) is 38.3 Å². The van der Waals surface area contributed by atoms with Gasteiger partial charge in [-0.2, -0.15) is 4.98 Å². The van der Waals surface area contributed by atoms with Gasteiger partial charge in [0, 0.05) is 64.9 Å². The fraction of sp³-hybridized carbons (Fsp3) is 0.108. The van der Waals surface area contributed by atoms with Crippen LogP contribution in [-0.4, -0.2) is 62.5 Å². The number of fused-ring (bicyclic) bond motifs is 2. The van der Waals surface area contributed by atoms with Crippen LogP contribution in [0.5, 0.6) is 17.2 Å². The van der Waals surface area contributed by atoms with E-state index in [0.717, 1.165) is 30.5 Å². The summed E-state index contributed by atoms with van der Waals surface area (Å²) in [4.78, 5) is 56.9. The van der Waals surface area contributed by atoms with E-state index < -0.39 is 40.1 Å². The Labute approximate surface area is 303 Å². The van der Waals surface area contributed by atoms with Gasteiger partial charge in [-0.15, -0.1) is 0 Å². The number of para-hydroxylation sites is 1. The normalized spacial score (nSPS) is 11.4. The molecule has 0 aliphatic carbocycles. The Kier molecular flexibility index (Phi) is 10.4. The third-order valence-corrected chi connectivity index (χ3v) is 8.11. The zero-order valence-electron chi connectivity index (χ0n) is 28.0. The minimum atomic E-state index is -1.45. The third-order valence-electron chi connectivity index (χ3n) is 8.11. The van der Waals surface area contributed by atoms with Crippen molar-refractivity contribution in [3.63, 3.8) is 0 Å². The molecule has 15 nitrogen and oxygen atoms in total. The van der Waals surface area contributed by atoms with Crippen LogP contribution >= 0.6 is 0 Å². The van der Waals surface area contributed by atoms with Gasteiger partial charge in [0.2, 0.25) is 17.7 Å². The number of hydrogen-bond donors (Lipinski definition) is 6. The van der Waals surface area contributed by atoms with Gasteiger partial charge in [-0.3, -0.25) is 19.7 Å². The number of aromatic hydroxyl groups is 1. The summed E-state index contributed by atoms with van der Waals surface area (Å²) >= 11 is 0. The van der Waals surface area contributed by atoms with Gasteiger partial charge in [0.25, 0.3) is 5.91 Å². The monoisotopic (exact) mass is 737 g/mol. The van der Waals surface area contributed by atoms with Crippen molar-refractivity contribution in [2.45, 2.75) is 6.42 Å². The van der Waals surface area contributed by atoms with Crippen LogP contribution in [0.15, 0.2) is 79.0 Å². The van der Waals surface area contributed by atoms with Crippen LogP contribution in [0.25, 0.3) is 12.2 Å². The summed E-state index contributed by atoms with van der Waals surface area (Å²) in [7, 11) is 0. The maximum Gasteiger partial charge on any atom is 0.336 e. The quantitative estimate of drug-likeness (QED) is 0.0565. The summed E-state index contributed by atoms with van der Waals surface area (Å²) in [6.07, 6.45) is 0.905. The lowest BCUT2D eigenvalue weighted by Crippen LogP contribution is -2.33. The van der Waals surface area contributed by atoms with E-state index in [0.29, 0.717) is 5.69 Å². The molecule has 2 heterocycles. The highest BCUT2D eigenvalue weighted by atomic mass is 19.1. The van der Waals surface area contributed by atoms with Crippen LogP contribution in [-0.2, 0) is 4.79 Å². The molecule has 6 rings (SSSR count). The molecule has 17 heteroatoms. The molecule has 1 aliphatic heterocycles. The summed E-state index contributed by atoms with van der Waals surface area (Å²) in [5, 5.41) is 42.6. The first-order valence-electron chi connectivity index (χ1n) is 16.1. The number of carboxylic acid groups (broad SMARTS) is 1. The van der Waals surface area contributed by atoms with E-state index in [1.165, 1.54) is 18.2 Å². The van der Waals surface area contributed by atoms with E-state index in [4.69, 9.17) is 4.74 Å². The second kappa shape index (κ2) is 15.4. The SMILES string of the molecule is C=c1cc2c(cc1F)=C(c1ccc(C(=O)NCCC(=O)NCCNc3nc(Nc4ccccc4)ncc3[N+](=O)[O-])cc1C(=O)O)c1cc(F)c(O)cc1O2. The molecule has 274 valence electrons. The lowest BCUT2D eigenvalue weighted by molar-refractivity contribution is -0.384. The Hall–Kier alpha value is -7.43. The molecule has 6 N–H and O–H groups in total. The van der Waals surface area contributed by atoms with Crippen LogP contribution in [0, 0.1) is 21.7 Å². The van der Waals surface area contributed by atoms with Gasteiger partial charge in [-0.05, 0) is 48.0 Å².